The van der Waals surface area contributed by atoms with Crippen molar-refractivity contribution in [1.29, 1.82) is 0 Å². The number of rotatable bonds is 13. The number of aromatic amines is 1. The van der Waals surface area contributed by atoms with E-state index in [2.05, 4.69) is 40.9 Å². The first-order chi connectivity index (χ1) is 19.6. The highest BCUT2D eigenvalue weighted by Crippen LogP contribution is 2.46. The molecule has 4 aromatic rings. The summed E-state index contributed by atoms with van der Waals surface area (Å²) in [6, 6.07) is 11.8. The molecule has 0 bridgehead atoms. The average Bonchev–Trinajstić information content (AvgIpc) is 3.69. The number of terminal acetylenes is 1. The van der Waals surface area contributed by atoms with Crippen molar-refractivity contribution in [2.75, 3.05) is 39.5 Å². The highest BCUT2D eigenvalue weighted by atomic mass is 16.6. The first-order valence-electron chi connectivity index (χ1n) is 13.8. The van der Waals surface area contributed by atoms with E-state index in [1.165, 1.54) is 0 Å². The largest absolute Gasteiger partial charge is 0.492 e. The molecule has 8 heteroatoms. The van der Waals surface area contributed by atoms with Crippen molar-refractivity contribution in [3.8, 4) is 40.8 Å². The molecule has 1 N–H and O–H groups in total. The van der Waals surface area contributed by atoms with Crippen LogP contribution < -0.4 is 14.2 Å². The molecule has 8 nitrogen and oxygen atoms in total. The van der Waals surface area contributed by atoms with Crippen LogP contribution in [0.25, 0.3) is 22.2 Å². The summed E-state index contributed by atoms with van der Waals surface area (Å²) in [5.74, 6) is 4.77. The summed E-state index contributed by atoms with van der Waals surface area (Å²) >= 11 is 0. The Morgan fingerprint density at radius 2 is 1.73 bits per heavy atom. The Morgan fingerprint density at radius 3 is 2.38 bits per heavy atom. The zero-order valence-electron chi connectivity index (χ0n) is 23.5. The lowest BCUT2D eigenvalue weighted by molar-refractivity contribution is 0.0996. The highest BCUT2D eigenvalue weighted by molar-refractivity contribution is 6.30. The Morgan fingerprint density at radius 1 is 0.975 bits per heavy atom. The minimum atomic E-state index is -0.697. The Kier molecular flexibility index (Phi) is 8.32. The monoisotopic (exact) mass is 541 g/mol. The maximum absolute atomic E-state index is 6.15. The molecule has 1 aliphatic rings. The van der Waals surface area contributed by atoms with E-state index in [9.17, 15) is 0 Å². The van der Waals surface area contributed by atoms with E-state index < -0.39 is 6.10 Å². The Hall–Kier alpha value is -4.35. The van der Waals surface area contributed by atoms with E-state index in [0.29, 0.717) is 37.0 Å². The maximum atomic E-state index is 6.15. The van der Waals surface area contributed by atoms with Crippen LogP contribution in [-0.4, -0.2) is 55.1 Å². The summed E-state index contributed by atoms with van der Waals surface area (Å²) in [5.41, 5.74) is 6.00. The normalized spacial score (nSPS) is 13.8. The molecular weight excluding hydrogens is 506 g/mol. The first-order valence-corrected chi connectivity index (χ1v) is 13.8. The maximum Gasteiger partial charge on any atom is 0.215 e. The molecule has 40 heavy (non-hydrogen) atoms. The third-order valence-electron chi connectivity index (χ3n) is 7.03. The Labute approximate surface area is 234 Å². The van der Waals surface area contributed by atoms with E-state index in [1.807, 2.05) is 38.1 Å². The van der Waals surface area contributed by atoms with Gasteiger partial charge in [0.2, 0.25) is 6.10 Å². The van der Waals surface area contributed by atoms with Crippen molar-refractivity contribution in [3.63, 3.8) is 0 Å². The molecule has 1 atom stereocenters. The number of fused-ring (bicyclic) bond motifs is 5. The minimum absolute atomic E-state index is 0.504. The number of aromatic nitrogens is 1. The molecule has 2 aromatic carbocycles. The second-order valence-corrected chi connectivity index (χ2v) is 9.32. The van der Waals surface area contributed by atoms with Crippen molar-refractivity contribution in [2.24, 2.45) is 5.16 Å². The topological polar surface area (TPSA) is 81.4 Å². The van der Waals surface area contributed by atoms with Crippen LogP contribution in [0, 0.1) is 12.3 Å². The van der Waals surface area contributed by atoms with Gasteiger partial charge in [0.1, 0.15) is 18.1 Å². The van der Waals surface area contributed by atoms with Gasteiger partial charge in [-0.1, -0.05) is 24.9 Å². The number of hydrogen-bond acceptors (Lipinski definition) is 7. The van der Waals surface area contributed by atoms with Crippen LogP contribution in [0.3, 0.4) is 0 Å². The van der Waals surface area contributed by atoms with Gasteiger partial charge in [0, 0.05) is 39.7 Å². The molecular formula is C32H35N3O5. The third-order valence-corrected chi connectivity index (χ3v) is 7.03. The van der Waals surface area contributed by atoms with Crippen molar-refractivity contribution in [2.45, 2.75) is 33.8 Å². The third kappa shape index (κ3) is 5.25. The van der Waals surface area contributed by atoms with Crippen LogP contribution in [0.2, 0.25) is 0 Å². The van der Waals surface area contributed by atoms with Crippen molar-refractivity contribution < 1.29 is 23.5 Å². The van der Waals surface area contributed by atoms with Crippen LogP contribution >= 0.6 is 0 Å². The summed E-state index contributed by atoms with van der Waals surface area (Å²) in [4.78, 5) is 11.9. The molecule has 0 saturated heterocycles. The lowest BCUT2D eigenvalue weighted by Crippen LogP contribution is -2.27. The summed E-state index contributed by atoms with van der Waals surface area (Å²) in [6.45, 7) is 12.7. The molecule has 0 spiro atoms. The fourth-order valence-corrected chi connectivity index (χ4v) is 4.99. The molecule has 1 aliphatic carbocycles. The summed E-state index contributed by atoms with van der Waals surface area (Å²) < 4.78 is 23.2. The smallest absolute Gasteiger partial charge is 0.215 e. The van der Waals surface area contributed by atoms with E-state index in [4.69, 9.17) is 29.9 Å². The number of benzene rings is 2. The van der Waals surface area contributed by atoms with Gasteiger partial charge < -0.3 is 33.3 Å². The van der Waals surface area contributed by atoms with Gasteiger partial charge in [0.05, 0.1) is 31.4 Å². The number of oxime groups is 1. The van der Waals surface area contributed by atoms with Gasteiger partial charge in [-0.25, -0.2) is 0 Å². The Bertz CT molecular complexity index is 1530. The zero-order chi connectivity index (χ0) is 28.1. The van der Waals surface area contributed by atoms with Crippen LogP contribution in [0.5, 0.6) is 17.2 Å². The minimum Gasteiger partial charge on any atom is -0.492 e. The number of H-pyrrole nitrogens is 1. The molecule has 2 aromatic heterocycles. The van der Waals surface area contributed by atoms with Gasteiger partial charge in [-0.2, -0.15) is 0 Å². The number of hydrogen-bond donors (Lipinski definition) is 1. The molecule has 2 heterocycles. The predicted molar refractivity (Wildman–Crippen MR) is 156 cm³/mol. The molecule has 0 aliphatic heterocycles. The lowest BCUT2D eigenvalue weighted by Gasteiger charge is -2.18. The summed E-state index contributed by atoms with van der Waals surface area (Å²) in [7, 11) is 0. The van der Waals surface area contributed by atoms with Crippen molar-refractivity contribution in [3.05, 3.63) is 65.6 Å². The van der Waals surface area contributed by atoms with E-state index >= 15 is 0 Å². The van der Waals surface area contributed by atoms with Gasteiger partial charge >= 0.3 is 0 Å². The summed E-state index contributed by atoms with van der Waals surface area (Å²) in [5, 5.41) is 5.62. The molecule has 5 rings (SSSR count). The van der Waals surface area contributed by atoms with Crippen LogP contribution in [-0.2, 0) is 4.84 Å². The number of nitrogens with one attached hydrogen (secondary N) is 1. The molecule has 0 saturated carbocycles. The fourth-order valence-electron chi connectivity index (χ4n) is 4.99. The van der Waals surface area contributed by atoms with Crippen LogP contribution in [0.1, 0.15) is 50.5 Å². The average molecular weight is 542 g/mol. The van der Waals surface area contributed by atoms with Gasteiger partial charge in [0.25, 0.3) is 0 Å². The SMILES string of the molecule is C#CC(ON=C1c2cc(OCC)c(OCC)cc2-c2[nH]c3ccc(OCCN(CC)CC)cc3c21)c1ccoc1. The molecule has 1 unspecified atom stereocenters. The fraction of sp³-hybridized carbons (Fsp3) is 0.344. The number of likely N-dealkylation sites (N-methyl/N-ethyl adjacent to an activating group) is 1. The van der Waals surface area contributed by atoms with Crippen LogP contribution in [0.15, 0.2) is 58.5 Å². The van der Waals surface area contributed by atoms with Gasteiger partial charge in [-0.05, 0) is 63.3 Å². The number of furan rings is 1. The second kappa shape index (κ2) is 12.2. The molecule has 0 radical (unpaired) electrons. The van der Waals surface area contributed by atoms with Crippen molar-refractivity contribution >= 4 is 16.6 Å². The van der Waals surface area contributed by atoms with Crippen LogP contribution in [0.4, 0.5) is 0 Å². The number of ether oxygens (including phenoxy) is 3. The van der Waals surface area contributed by atoms with Gasteiger partial charge in [0.15, 0.2) is 11.5 Å². The predicted octanol–water partition coefficient (Wildman–Crippen LogP) is 6.40. The number of nitrogens with zero attached hydrogens (tertiary/aromatic N) is 2. The standard InChI is InChI=1S/C32H35N3O5/c1-6-27(21-13-15-36-20-21)40-34-32-24-19-29(38-10-5)28(37-9-4)18-23(24)31-30(32)25-17-22(11-12-26(25)33-31)39-16-14-35(7-2)8-3/h1,11-13,15,17-20,27,33H,7-10,14,16H2,2-5H3. The van der Waals surface area contributed by atoms with E-state index in [1.54, 1.807) is 18.6 Å². The Balaban J connectivity index is 1.58. The highest BCUT2D eigenvalue weighted by Gasteiger charge is 2.32. The molecule has 208 valence electrons. The van der Waals surface area contributed by atoms with Gasteiger partial charge in [-0.15, -0.1) is 6.42 Å². The van der Waals surface area contributed by atoms with E-state index in [-0.39, 0.29) is 0 Å². The first kappa shape index (κ1) is 27.2. The lowest BCUT2D eigenvalue weighted by atomic mass is 10.1. The molecule has 0 amide bonds. The zero-order valence-corrected chi connectivity index (χ0v) is 23.5. The van der Waals surface area contributed by atoms with Crippen molar-refractivity contribution in [1.82, 2.24) is 9.88 Å². The second-order valence-electron chi connectivity index (χ2n) is 9.32. The molecule has 0 fully saturated rings. The van der Waals surface area contributed by atoms with E-state index in [0.717, 1.165) is 64.2 Å². The quantitative estimate of drug-likeness (QED) is 0.137. The van der Waals surface area contributed by atoms with Gasteiger partial charge in [-0.3, -0.25) is 0 Å². The summed E-state index contributed by atoms with van der Waals surface area (Å²) in [6.07, 6.45) is 8.21.